The van der Waals surface area contributed by atoms with Crippen LogP contribution in [-0.4, -0.2) is 0 Å². The van der Waals surface area contributed by atoms with Gasteiger partial charge in [-0.25, -0.2) is 0 Å². The topological polar surface area (TPSA) is 0 Å². The third-order valence-electron chi connectivity index (χ3n) is 3.98. The van der Waals surface area contributed by atoms with Gasteiger partial charge < -0.3 is 0 Å². The second-order valence-electron chi connectivity index (χ2n) is 4.86. The molecule has 0 N–H and O–H groups in total. The number of hydrogen-bond donors (Lipinski definition) is 0. The molecule has 0 spiro atoms. The zero-order chi connectivity index (χ0) is 14.6. The molecule has 0 aliphatic heterocycles. The van der Waals surface area contributed by atoms with E-state index in [1.807, 2.05) is 24.3 Å². The highest BCUT2D eigenvalue weighted by Gasteiger charge is 2.35. The molecule has 0 nitrogen and oxygen atoms in total. The lowest BCUT2D eigenvalue weighted by molar-refractivity contribution is 0.559. The van der Waals surface area contributed by atoms with E-state index in [0.29, 0.717) is 0 Å². The summed E-state index contributed by atoms with van der Waals surface area (Å²) in [5, 5.41) is 0. The Morgan fingerprint density at radius 1 is 1.00 bits per heavy atom. The zero-order valence-corrected chi connectivity index (χ0v) is 11.8. The summed E-state index contributed by atoms with van der Waals surface area (Å²) in [6.07, 6.45) is 16.2. The van der Waals surface area contributed by atoms with Crippen molar-refractivity contribution in [3.63, 3.8) is 0 Å². The Labute approximate surface area is 121 Å². The SMILES string of the molecule is C=Cc1cccc(C2(C=C)C=CC=CC2C=C)c1C=C. The van der Waals surface area contributed by atoms with Crippen molar-refractivity contribution in [3.05, 3.63) is 97.7 Å². The number of allylic oxidation sites excluding steroid dienone is 6. The molecule has 2 rings (SSSR count). The average Bonchev–Trinajstić information content (AvgIpc) is 2.53. The highest BCUT2D eigenvalue weighted by molar-refractivity contribution is 5.69. The summed E-state index contributed by atoms with van der Waals surface area (Å²) in [5.41, 5.74) is 3.10. The normalized spacial score (nSPS) is 24.1. The molecule has 0 fully saturated rings. The molecule has 1 aromatic rings. The molecule has 0 bridgehead atoms. The van der Waals surface area contributed by atoms with E-state index in [2.05, 4.69) is 68.8 Å². The van der Waals surface area contributed by atoms with Gasteiger partial charge in [-0.3, -0.25) is 0 Å². The Morgan fingerprint density at radius 3 is 2.40 bits per heavy atom. The summed E-state index contributed by atoms with van der Waals surface area (Å²) >= 11 is 0. The van der Waals surface area contributed by atoms with Gasteiger partial charge in [0.1, 0.15) is 0 Å². The highest BCUT2D eigenvalue weighted by atomic mass is 14.4. The molecule has 1 aliphatic carbocycles. The Hall–Kier alpha value is -2.34. The minimum atomic E-state index is -0.279. The van der Waals surface area contributed by atoms with Crippen molar-refractivity contribution >= 4 is 12.2 Å². The number of benzene rings is 1. The molecule has 0 heteroatoms. The van der Waals surface area contributed by atoms with Gasteiger partial charge in [-0.05, 0) is 16.7 Å². The summed E-state index contributed by atoms with van der Waals surface area (Å²) in [6, 6.07) is 6.23. The summed E-state index contributed by atoms with van der Waals surface area (Å²) in [5.74, 6) is 0.184. The molecule has 0 aromatic heterocycles. The third-order valence-corrected chi connectivity index (χ3v) is 3.98. The molecule has 1 aromatic carbocycles. The van der Waals surface area contributed by atoms with E-state index in [4.69, 9.17) is 0 Å². The predicted molar refractivity (Wildman–Crippen MR) is 90.5 cm³/mol. The van der Waals surface area contributed by atoms with E-state index in [0.717, 1.165) is 11.1 Å². The van der Waals surface area contributed by atoms with Crippen LogP contribution in [0.3, 0.4) is 0 Å². The van der Waals surface area contributed by atoms with Crippen LogP contribution < -0.4 is 0 Å². The van der Waals surface area contributed by atoms with Crippen molar-refractivity contribution < 1.29 is 0 Å². The van der Waals surface area contributed by atoms with E-state index < -0.39 is 0 Å². The number of hydrogen-bond acceptors (Lipinski definition) is 0. The Kier molecular flexibility index (Phi) is 4.05. The van der Waals surface area contributed by atoms with Crippen molar-refractivity contribution in [2.24, 2.45) is 5.92 Å². The monoisotopic (exact) mass is 260 g/mol. The first kappa shape index (κ1) is 14.1. The quantitative estimate of drug-likeness (QED) is 0.628. The van der Waals surface area contributed by atoms with Crippen LogP contribution in [0, 0.1) is 5.92 Å². The molecule has 0 saturated heterocycles. The number of rotatable bonds is 5. The van der Waals surface area contributed by atoms with Gasteiger partial charge in [-0.2, -0.15) is 0 Å². The maximum Gasteiger partial charge on any atom is 0.0416 e. The summed E-state index contributed by atoms with van der Waals surface area (Å²) in [4.78, 5) is 0. The van der Waals surface area contributed by atoms with Crippen molar-refractivity contribution in [1.82, 2.24) is 0 Å². The fraction of sp³-hybridized carbons (Fsp3) is 0.100. The smallest absolute Gasteiger partial charge is 0.0416 e. The minimum absolute atomic E-state index is 0.184. The summed E-state index contributed by atoms with van der Waals surface area (Å²) in [6.45, 7) is 15.9. The van der Waals surface area contributed by atoms with E-state index >= 15 is 0 Å². The van der Waals surface area contributed by atoms with E-state index in [1.165, 1.54) is 5.56 Å². The first-order valence-electron chi connectivity index (χ1n) is 6.74. The molecule has 0 amide bonds. The third kappa shape index (κ3) is 2.04. The first-order chi connectivity index (χ1) is 9.73. The maximum atomic E-state index is 4.07. The average molecular weight is 260 g/mol. The van der Waals surface area contributed by atoms with Crippen LogP contribution in [0.4, 0.5) is 0 Å². The lowest BCUT2D eigenvalue weighted by atomic mass is 9.66. The largest absolute Gasteiger partial charge is 0.102 e. The van der Waals surface area contributed by atoms with E-state index in [1.54, 1.807) is 0 Å². The van der Waals surface area contributed by atoms with Gasteiger partial charge in [0.05, 0.1) is 0 Å². The van der Waals surface area contributed by atoms with Crippen molar-refractivity contribution in [2.45, 2.75) is 5.41 Å². The lowest BCUT2D eigenvalue weighted by Gasteiger charge is -2.36. The molecule has 0 heterocycles. The van der Waals surface area contributed by atoms with Crippen LogP contribution in [-0.2, 0) is 5.41 Å². The maximum absolute atomic E-state index is 4.07. The molecule has 0 saturated carbocycles. The van der Waals surface area contributed by atoms with Crippen LogP contribution in [0.1, 0.15) is 16.7 Å². The van der Waals surface area contributed by atoms with Crippen LogP contribution >= 0.6 is 0 Å². The van der Waals surface area contributed by atoms with Gasteiger partial charge in [0.25, 0.3) is 0 Å². The Bertz CT molecular complexity index is 613. The highest BCUT2D eigenvalue weighted by Crippen LogP contribution is 2.42. The van der Waals surface area contributed by atoms with Crippen molar-refractivity contribution in [3.8, 4) is 0 Å². The minimum Gasteiger partial charge on any atom is -0.102 e. The van der Waals surface area contributed by atoms with Crippen LogP contribution in [0.2, 0.25) is 0 Å². The van der Waals surface area contributed by atoms with Crippen molar-refractivity contribution in [1.29, 1.82) is 0 Å². The fourth-order valence-corrected chi connectivity index (χ4v) is 2.89. The molecule has 2 unspecified atom stereocenters. The van der Waals surface area contributed by atoms with Crippen molar-refractivity contribution in [2.75, 3.05) is 0 Å². The van der Waals surface area contributed by atoms with Gasteiger partial charge in [-0.1, -0.05) is 80.0 Å². The Balaban J connectivity index is 2.75. The molecule has 2 atom stereocenters. The summed E-state index contributed by atoms with van der Waals surface area (Å²) < 4.78 is 0. The molecule has 20 heavy (non-hydrogen) atoms. The fourth-order valence-electron chi connectivity index (χ4n) is 2.89. The predicted octanol–water partition coefficient (Wildman–Crippen LogP) is 5.32. The van der Waals surface area contributed by atoms with Gasteiger partial charge in [0.2, 0.25) is 0 Å². The van der Waals surface area contributed by atoms with Gasteiger partial charge >= 0.3 is 0 Å². The van der Waals surface area contributed by atoms with E-state index in [-0.39, 0.29) is 11.3 Å². The molecule has 1 aliphatic rings. The standard InChI is InChI=1S/C20H20/c1-5-16-12-11-14-19(18(16)7-3)20(8-4)15-10-9-13-17(20)6-2/h5-15,17H,1-4H2. The molecule has 100 valence electrons. The molecular formula is C20H20. The van der Waals surface area contributed by atoms with Crippen LogP contribution in [0.25, 0.3) is 12.2 Å². The van der Waals surface area contributed by atoms with Gasteiger partial charge in [-0.15, -0.1) is 13.2 Å². The second-order valence-corrected chi connectivity index (χ2v) is 4.86. The lowest BCUT2D eigenvalue weighted by Crippen LogP contribution is -2.31. The van der Waals surface area contributed by atoms with Crippen LogP contribution in [0.15, 0.2) is 81.0 Å². The van der Waals surface area contributed by atoms with E-state index in [9.17, 15) is 0 Å². The first-order valence-corrected chi connectivity index (χ1v) is 6.74. The zero-order valence-electron chi connectivity index (χ0n) is 11.8. The Morgan fingerprint density at radius 2 is 1.80 bits per heavy atom. The molecule has 0 radical (unpaired) electrons. The molecular weight excluding hydrogens is 240 g/mol. The summed E-state index contributed by atoms with van der Waals surface area (Å²) in [7, 11) is 0. The van der Waals surface area contributed by atoms with Gasteiger partial charge in [0.15, 0.2) is 0 Å². The van der Waals surface area contributed by atoms with Gasteiger partial charge in [0, 0.05) is 11.3 Å². The second kappa shape index (κ2) is 5.75. The van der Waals surface area contributed by atoms with Crippen LogP contribution in [0.5, 0.6) is 0 Å².